The van der Waals surface area contributed by atoms with Crippen LogP contribution < -0.4 is 9.62 Å². The Kier molecular flexibility index (Phi) is 11.0. The summed E-state index contributed by atoms with van der Waals surface area (Å²) in [6, 6.07) is 23.2. The Morgan fingerprint density at radius 2 is 1.56 bits per heavy atom. The van der Waals surface area contributed by atoms with Crippen LogP contribution in [-0.4, -0.2) is 50.0 Å². The van der Waals surface area contributed by atoms with Crippen LogP contribution in [0.5, 0.6) is 0 Å². The Bertz CT molecular complexity index is 1430. The zero-order valence-corrected chi connectivity index (χ0v) is 27.0. The van der Waals surface area contributed by atoms with E-state index in [2.05, 4.69) is 37.2 Å². The van der Waals surface area contributed by atoms with E-state index in [1.807, 2.05) is 54.6 Å². The molecule has 10 heteroatoms. The average molecular weight is 706 g/mol. The van der Waals surface area contributed by atoms with Gasteiger partial charge in [0.1, 0.15) is 12.6 Å². The lowest BCUT2D eigenvalue weighted by Crippen LogP contribution is -2.55. The molecule has 1 fully saturated rings. The number of halogens is 2. The largest absolute Gasteiger partial charge is 0.352 e. The second-order valence-electron chi connectivity index (χ2n) is 10.4. The molecule has 7 nitrogen and oxygen atoms in total. The molecule has 2 amide bonds. The summed E-state index contributed by atoms with van der Waals surface area (Å²) < 4.78 is 28.5. The first-order valence-electron chi connectivity index (χ1n) is 13.7. The van der Waals surface area contributed by atoms with Gasteiger partial charge in [0.15, 0.2) is 0 Å². The third-order valence-electron chi connectivity index (χ3n) is 7.26. The highest BCUT2D eigenvalue weighted by Gasteiger charge is 2.34. The summed E-state index contributed by atoms with van der Waals surface area (Å²) in [5.74, 6) is -0.683. The van der Waals surface area contributed by atoms with E-state index in [0.29, 0.717) is 16.6 Å². The minimum Gasteiger partial charge on any atom is -0.352 e. The van der Waals surface area contributed by atoms with E-state index < -0.39 is 28.5 Å². The fourth-order valence-corrected chi connectivity index (χ4v) is 6.62. The minimum atomic E-state index is -3.81. The molecule has 1 saturated carbocycles. The first-order valence-corrected chi connectivity index (χ1v) is 17.1. The van der Waals surface area contributed by atoms with Gasteiger partial charge < -0.3 is 10.2 Å². The second kappa shape index (κ2) is 14.5. The molecule has 0 heterocycles. The van der Waals surface area contributed by atoms with Crippen molar-refractivity contribution in [1.29, 1.82) is 0 Å². The maximum Gasteiger partial charge on any atom is 0.244 e. The van der Waals surface area contributed by atoms with Gasteiger partial charge in [0.2, 0.25) is 21.8 Å². The monoisotopic (exact) mass is 703 g/mol. The van der Waals surface area contributed by atoms with Gasteiger partial charge in [-0.3, -0.25) is 13.9 Å². The fraction of sp³-hybridized carbons (Fsp3) is 0.355. The Hall–Kier alpha value is -2.69. The summed E-state index contributed by atoms with van der Waals surface area (Å²) in [5.41, 5.74) is 2.11. The highest BCUT2D eigenvalue weighted by molar-refractivity contribution is 9.10. The van der Waals surface area contributed by atoms with Crippen molar-refractivity contribution in [3.8, 4) is 0 Å². The predicted molar refractivity (Wildman–Crippen MR) is 170 cm³/mol. The van der Waals surface area contributed by atoms with Gasteiger partial charge >= 0.3 is 0 Å². The van der Waals surface area contributed by atoms with Crippen LogP contribution in [0.1, 0.15) is 43.2 Å². The van der Waals surface area contributed by atoms with Crippen LogP contribution in [0, 0.1) is 0 Å². The van der Waals surface area contributed by atoms with Crippen molar-refractivity contribution in [1.82, 2.24) is 10.2 Å². The van der Waals surface area contributed by atoms with Gasteiger partial charge in [-0.15, -0.1) is 0 Å². The Balaban J connectivity index is 1.71. The summed E-state index contributed by atoms with van der Waals surface area (Å²) in [5, 5.41) is 3.21. The standard InChI is InChI=1S/C31H35Br2N3O4S/c1-41(39,40)36(28-14-8-11-26(33)20-28)22-30(37)35(21-24-15-17-25(32)18-16-24)29(19-23-9-4-2-5-10-23)31(38)34-27-12-6-3-7-13-27/h2,4-5,8-11,14-18,20,27,29H,3,6-7,12-13,19,21-22H2,1H3,(H,34,38)/t29-/m1/s1. The number of carbonyl (C=O) groups excluding carboxylic acids is 2. The molecule has 4 rings (SSSR count). The molecule has 1 aliphatic carbocycles. The summed E-state index contributed by atoms with van der Waals surface area (Å²) in [7, 11) is -3.81. The zero-order valence-electron chi connectivity index (χ0n) is 23.0. The van der Waals surface area contributed by atoms with E-state index in [0.717, 1.165) is 58.3 Å². The van der Waals surface area contributed by atoms with Gasteiger partial charge in [0.25, 0.3) is 0 Å². The van der Waals surface area contributed by atoms with Crippen LogP contribution in [0.4, 0.5) is 5.69 Å². The van der Waals surface area contributed by atoms with Crippen molar-refractivity contribution < 1.29 is 18.0 Å². The zero-order chi connectivity index (χ0) is 29.4. The number of rotatable bonds is 11. The Morgan fingerprint density at radius 3 is 2.20 bits per heavy atom. The quantitative estimate of drug-likeness (QED) is 0.263. The minimum absolute atomic E-state index is 0.0633. The molecule has 0 radical (unpaired) electrons. The third-order valence-corrected chi connectivity index (χ3v) is 9.43. The van der Waals surface area contributed by atoms with Crippen LogP contribution in [0.2, 0.25) is 0 Å². The molecule has 0 spiro atoms. The number of sulfonamides is 1. The molecule has 218 valence electrons. The van der Waals surface area contributed by atoms with Crippen molar-refractivity contribution in [2.75, 3.05) is 17.1 Å². The van der Waals surface area contributed by atoms with Crippen molar-refractivity contribution in [2.24, 2.45) is 0 Å². The summed E-state index contributed by atoms with van der Waals surface area (Å²) >= 11 is 6.85. The maximum atomic E-state index is 14.2. The van der Waals surface area contributed by atoms with Crippen LogP contribution in [0.25, 0.3) is 0 Å². The molecular formula is C31H35Br2N3O4S. The first-order chi connectivity index (χ1) is 19.6. The van der Waals surface area contributed by atoms with Crippen molar-refractivity contribution in [3.63, 3.8) is 0 Å². The molecular weight excluding hydrogens is 670 g/mol. The third kappa shape index (κ3) is 9.15. The molecule has 41 heavy (non-hydrogen) atoms. The lowest BCUT2D eigenvalue weighted by molar-refractivity contribution is -0.140. The normalized spacial score (nSPS) is 14.7. The van der Waals surface area contributed by atoms with Crippen LogP contribution in [-0.2, 0) is 32.6 Å². The summed E-state index contributed by atoms with van der Waals surface area (Å²) in [6.07, 6.45) is 6.49. The highest BCUT2D eigenvalue weighted by atomic mass is 79.9. The van der Waals surface area contributed by atoms with E-state index >= 15 is 0 Å². The molecule has 1 N–H and O–H groups in total. The smallest absolute Gasteiger partial charge is 0.244 e. The number of nitrogens with zero attached hydrogens (tertiary/aromatic N) is 2. The Morgan fingerprint density at radius 1 is 0.878 bits per heavy atom. The molecule has 1 aliphatic rings. The number of nitrogens with one attached hydrogen (secondary N) is 1. The van der Waals surface area contributed by atoms with E-state index in [1.165, 1.54) is 4.90 Å². The molecule has 0 saturated heterocycles. The predicted octanol–water partition coefficient (Wildman–Crippen LogP) is 6.07. The molecule has 3 aromatic carbocycles. The number of hydrogen-bond donors (Lipinski definition) is 1. The topological polar surface area (TPSA) is 86.8 Å². The number of hydrogen-bond acceptors (Lipinski definition) is 4. The van der Waals surface area contributed by atoms with E-state index in [-0.39, 0.29) is 18.5 Å². The van der Waals surface area contributed by atoms with E-state index in [9.17, 15) is 18.0 Å². The molecule has 0 bridgehead atoms. The maximum absolute atomic E-state index is 14.2. The van der Waals surface area contributed by atoms with Crippen LogP contribution in [0.15, 0.2) is 87.8 Å². The average Bonchev–Trinajstić information content (AvgIpc) is 2.95. The second-order valence-corrected chi connectivity index (χ2v) is 14.2. The first kappa shape index (κ1) is 31.3. The lowest BCUT2D eigenvalue weighted by atomic mass is 9.94. The van der Waals surface area contributed by atoms with Gasteiger partial charge in [-0.05, 0) is 54.3 Å². The van der Waals surface area contributed by atoms with Crippen molar-refractivity contribution in [2.45, 2.75) is 57.2 Å². The SMILES string of the molecule is CS(=O)(=O)N(CC(=O)N(Cc1ccc(Br)cc1)[C@H](Cc1ccccc1)C(=O)NC1CCCCC1)c1cccc(Br)c1. The summed E-state index contributed by atoms with van der Waals surface area (Å²) in [6.45, 7) is -0.286. The molecule has 0 aromatic heterocycles. The number of carbonyl (C=O) groups is 2. The fourth-order valence-electron chi connectivity index (χ4n) is 5.13. The van der Waals surface area contributed by atoms with E-state index in [4.69, 9.17) is 0 Å². The lowest BCUT2D eigenvalue weighted by Gasteiger charge is -2.35. The van der Waals surface area contributed by atoms with Crippen LogP contribution >= 0.6 is 31.9 Å². The van der Waals surface area contributed by atoms with Gasteiger partial charge in [0.05, 0.1) is 11.9 Å². The number of anilines is 1. The molecule has 3 aromatic rings. The number of benzene rings is 3. The number of amides is 2. The van der Waals surface area contributed by atoms with Gasteiger partial charge in [-0.2, -0.15) is 0 Å². The summed E-state index contributed by atoms with van der Waals surface area (Å²) in [4.78, 5) is 29.7. The van der Waals surface area contributed by atoms with Gasteiger partial charge in [-0.1, -0.05) is 99.7 Å². The Labute approximate surface area is 259 Å². The molecule has 1 atom stereocenters. The van der Waals surface area contributed by atoms with E-state index in [1.54, 1.807) is 24.3 Å². The van der Waals surface area contributed by atoms with Crippen molar-refractivity contribution >= 4 is 59.4 Å². The van der Waals surface area contributed by atoms with Crippen molar-refractivity contribution in [3.05, 3.63) is 98.9 Å². The van der Waals surface area contributed by atoms with Gasteiger partial charge in [-0.25, -0.2) is 8.42 Å². The molecule has 0 aliphatic heterocycles. The molecule has 0 unspecified atom stereocenters. The van der Waals surface area contributed by atoms with Gasteiger partial charge in [0, 0.05) is 28.0 Å². The highest BCUT2D eigenvalue weighted by Crippen LogP contribution is 2.24. The van der Waals surface area contributed by atoms with Crippen LogP contribution in [0.3, 0.4) is 0 Å².